The van der Waals surface area contributed by atoms with Crippen LogP contribution in [0.2, 0.25) is 0 Å². The minimum Gasteiger partial charge on any atom is -0.460 e. The molecule has 0 radical (unpaired) electrons. The standard InChI is InChI=1S/C27H33FN4O4S2/c1-6-13-27(15-25(33)36-26(3,4)5)30-23-12-9-21(14-24(23)31-27)32(16-20-17-37-18(2)29-20)38(34,35)22-10-7-19(28)8-11-22/h7-12,14,17,30-31H,6,13,15-16H2,1-5H3. The molecule has 0 fully saturated rings. The van der Waals surface area contributed by atoms with E-state index >= 15 is 0 Å². The van der Waals surface area contributed by atoms with Crippen LogP contribution in [0.15, 0.2) is 52.7 Å². The number of aromatic nitrogens is 1. The summed E-state index contributed by atoms with van der Waals surface area (Å²) in [6.07, 6.45) is 1.54. The molecule has 1 aromatic heterocycles. The van der Waals surface area contributed by atoms with Crippen LogP contribution in [0.5, 0.6) is 0 Å². The SMILES string of the molecule is CCCC1(CC(=O)OC(C)(C)C)Nc2ccc(N(Cc3csc(C)n3)S(=O)(=O)c3ccc(F)cc3)cc2N1. The minimum atomic E-state index is -4.05. The van der Waals surface area contributed by atoms with E-state index in [0.717, 1.165) is 29.2 Å². The van der Waals surface area contributed by atoms with Gasteiger partial charge in [-0.15, -0.1) is 11.3 Å². The van der Waals surface area contributed by atoms with E-state index in [1.54, 1.807) is 18.2 Å². The number of sulfonamides is 1. The summed E-state index contributed by atoms with van der Waals surface area (Å²) in [7, 11) is -4.05. The monoisotopic (exact) mass is 560 g/mol. The number of hydrogen-bond acceptors (Lipinski definition) is 8. The number of hydrogen-bond donors (Lipinski definition) is 2. The minimum absolute atomic E-state index is 0.00821. The molecule has 11 heteroatoms. The number of aryl methyl sites for hydroxylation is 1. The van der Waals surface area contributed by atoms with Crippen molar-refractivity contribution in [2.75, 3.05) is 14.9 Å². The van der Waals surface area contributed by atoms with Crippen molar-refractivity contribution >= 4 is 44.4 Å². The molecule has 4 rings (SSSR count). The van der Waals surface area contributed by atoms with Gasteiger partial charge in [-0.25, -0.2) is 17.8 Å². The lowest BCUT2D eigenvalue weighted by Crippen LogP contribution is -2.45. The van der Waals surface area contributed by atoms with Crippen molar-refractivity contribution in [1.82, 2.24) is 4.98 Å². The summed E-state index contributed by atoms with van der Waals surface area (Å²) in [4.78, 5) is 17.1. The average Bonchev–Trinajstić information content (AvgIpc) is 3.38. The van der Waals surface area contributed by atoms with Gasteiger partial charge in [0, 0.05) is 5.38 Å². The maximum Gasteiger partial charge on any atom is 0.310 e. The van der Waals surface area contributed by atoms with Crippen molar-refractivity contribution in [2.45, 2.75) is 76.6 Å². The number of nitrogens with one attached hydrogen (secondary N) is 2. The molecular weight excluding hydrogens is 527 g/mol. The number of rotatable bonds is 9. The summed E-state index contributed by atoms with van der Waals surface area (Å²) >= 11 is 1.44. The van der Waals surface area contributed by atoms with Gasteiger partial charge in [-0.2, -0.15) is 0 Å². The van der Waals surface area contributed by atoms with Gasteiger partial charge in [0.1, 0.15) is 17.1 Å². The normalized spacial score (nSPS) is 16.9. The number of esters is 1. The zero-order chi connectivity index (χ0) is 27.7. The highest BCUT2D eigenvalue weighted by atomic mass is 32.2. The number of thiazole rings is 1. The Morgan fingerprint density at radius 3 is 2.42 bits per heavy atom. The van der Waals surface area contributed by atoms with Crippen molar-refractivity contribution in [3.8, 4) is 0 Å². The Morgan fingerprint density at radius 1 is 1.13 bits per heavy atom. The Kier molecular flexibility index (Phi) is 7.72. The third kappa shape index (κ3) is 6.27. The second kappa shape index (κ2) is 10.5. The topological polar surface area (TPSA) is 101 Å². The van der Waals surface area contributed by atoms with Gasteiger partial charge in [-0.05, 0) is 76.6 Å². The van der Waals surface area contributed by atoms with E-state index in [1.165, 1.54) is 27.8 Å². The highest BCUT2D eigenvalue weighted by Crippen LogP contribution is 2.41. The Labute approximate surface area is 227 Å². The molecule has 1 aliphatic heterocycles. The fourth-order valence-corrected chi connectivity index (χ4v) is 6.51. The van der Waals surface area contributed by atoms with E-state index in [4.69, 9.17) is 4.74 Å². The number of anilines is 3. The van der Waals surface area contributed by atoms with Crippen molar-refractivity contribution in [3.63, 3.8) is 0 Å². The second-order valence-corrected chi connectivity index (χ2v) is 13.3. The van der Waals surface area contributed by atoms with Crippen LogP contribution in [0.1, 0.15) is 57.7 Å². The number of carbonyl (C=O) groups is 1. The number of benzene rings is 2. The fourth-order valence-electron chi connectivity index (χ4n) is 4.48. The number of ether oxygens (including phenoxy) is 1. The van der Waals surface area contributed by atoms with Gasteiger partial charge in [0.2, 0.25) is 0 Å². The van der Waals surface area contributed by atoms with Gasteiger partial charge in [-0.3, -0.25) is 9.10 Å². The van der Waals surface area contributed by atoms with Crippen LogP contribution in [0.25, 0.3) is 0 Å². The number of carbonyl (C=O) groups excluding carboxylic acids is 1. The molecular formula is C27H33FN4O4S2. The van der Waals surface area contributed by atoms with Gasteiger partial charge in [0.05, 0.1) is 45.6 Å². The first-order chi connectivity index (χ1) is 17.8. The summed E-state index contributed by atoms with van der Waals surface area (Å²) in [5.74, 6) is -0.853. The number of fused-ring (bicyclic) bond motifs is 1. The summed E-state index contributed by atoms with van der Waals surface area (Å²) < 4.78 is 47.9. The highest BCUT2D eigenvalue weighted by molar-refractivity contribution is 7.92. The number of nitrogens with zero attached hydrogens (tertiary/aromatic N) is 2. The van der Waals surface area contributed by atoms with Gasteiger partial charge in [-0.1, -0.05) is 13.3 Å². The molecule has 0 saturated heterocycles. The lowest BCUT2D eigenvalue weighted by molar-refractivity contribution is -0.155. The van der Waals surface area contributed by atoms with Crippen LogP contribution in [-0.4, -0.2) is 30.6 Å². The zero-order valence-electron chi connectivity index (χ0n) is 22.2. The molecule has 2 aromatic carbocycles. The lowest BCUT2D eigenvalue weighted by Gasteiger charge is -2.31. The second-order valence-electron chi connectivity index (χ2n) is 10.4. The molecule has 8 nitrogen and oxygen atoms in total. The zero-order valence-corrected chi connectivity index (χ0v) is 23.8. The Bertz CT molecular complexity index is 1420. The summed E-state index contributed by atoms with van der Waals surface area (Å²) in [6.45, 7) is 9.38. The molecule has 1 aliphatic rings. The highest BCUT2D eigenvalue weighted by Gasteiger charge is 2.39. The van der Waals surface area contributed by atoms with Crippen LogP contribution in [0.4, 0.5) is 21.5 Å². The van der Waals surface area contributed by atoms with Crippen LogP contribution < -0.4 is 14.9 Å². The molecule has 0 bridgehead atoms. The van der Waals surface area contributed by atoms with Gasteiger partial charge < -0.3 is 15.4 Å². The van der Waals surface area contributed by atoms with E-state index in [-0.39, 0.29) is 23.8 Å². The van der Waals surface area contributed by atoms with Crippen molar-refractivity contribution < 1.29 is 22.3 Å². The van der Waals surface area contributed by atoms with Gasteiger partial charge in [0.25, 0.3) is 10.0 Å². The molecule has 204 valence electrons. The van der Waals surface area contributed by atoms with Crippen molar-refractivity contribution in [2.24, 2.45) is 0 Å². The van der Waals surface area contributed by atoms with E-state index in [1.807, 2.05) is 40.0 Å². The molecule has 3 aromatic rings. The third-order valence-corrected chi connectivity index (χ3v) is 8.57. The number of halogens is 1. The average molecular weight is 561 g/mol. The molecule has 2 heterocycles. The summed E-state index contributed by atoms with van der Waals surface area (Å²) in [6, 6.07) is 10.0. The maximum absolute atomic E-state index is 13.7. The molecule has 0 aliphatic carbocycles. The molecule has 0 amide bonds. The Balaban J connectivity index is 1.69. The molecule has 38 heavy (non-hydrogen) atoms. The van der Waals surface area contributed by atoms with Crippen molar-refractivity contribution in [1.29, 1.82) is 0 Å². The van der Waals surface area contributed by atoms with E-state index in [9.17, 15) is 17.6 Å². The molecule has 0 saturated carbocycles. The molecule has 1 unspecified atom stereocenters. The summed E-state index contributed by atoms with van der Waals surface area (Å²) in [5.41, 5.74) is 1.09. The van der Waals surface area contributed by atoms with Crippen LogP contribution >= 0.6 is 11.3 Å². The lowest BCUT2D eigenvalue weighted by atomic mass is 10.0. The first-order valence-corrected chi connectivity index (χ1v) is 14.7. The predicted molar refractivity (Wildman–Crippen MR) is 148 cm³/mol. The third-order valence-electron chi connectivity index (χ3n) is 5.96. The molecule has 1 atom stereocenters. The van der Waals surface area contributed by atoms with Crippen LogP contribution in [0, 0.1) is 12.7 Å². The largest absolute Gasteiger partial charge is 0.460 e. The van der Waals surface area contributed by atoms with E-state index in [2.05, 4.69) is 15.6 Å². The van der Waals surface area contributed by atoms with Gasteiger partial charge >= 0.3 is 5.97 Å². The fraction of sp³-hybridized carbons (Fsp3) is 0.407. The maximum atomic E-state index is 13.7. The smallest absolute Gasteiger partial charge is 0.310 e. The Hall–Kier alpha value is -3.18. The van der Waals surface area contributed by atoms with Crippen LogP contribution in [0.3, 0.4) is 0 Å². The first kappa shape index (κ1) is 27.8. The van der Waals surface area contributed by atoms with E-state index in [0.29, 0.717) is 23.5 Å². The van der Waals surface area contributed by atoms with E-state index < -0.39 is 27.1 Å². The van der Waals surface area contributed by atoms with Gasteiger partial charge in [0.15, 0.2) is 0 Å². The Morgan fingerprint density at radius 2 is 1.82 bits per heavy atom. The predicted octanol–water partition coefficient (Wildman–Crippen LogP) is 6.05. The summed E-state index contributed by atoms with van der Waals surface area (Å²) in [5, 5.41) is 9.51. The first-order valence-electron chi connectivity index (χ1n) is 12.4. The molecule has 0 spiro atoms. The molecule has 2 N–H and O–H groups in total. The van der Waals surface area contributed by atoms with Crippen LogP contribution in [-0.2, 0) is 26.1 Å². The quantitative estimate of drug-likeness (QED) is 0.307. The van der Waals surface area contributed by atoms with Crippen molar-refractivity contribution in [3.05, 3.63) is 64.4 Å².